The highest BCUT2D eigenvalue weighted by atomic mass is 16.4. The predicted octanol–water partition coefficient (Wildman–Crippen LogP) is 0.787. The minimum atomic E-state index is -0.887. The molecule has 16 heavy (non-hydrogen) atoms. The van der Waals surface area contributed by atoms with E-state index in [0.29, 0.717) is 5.82 Å². The average Bonchev–Trinajstić information content (AvgIpc) is 2.55. The summed E-state index contributed by atoms with van der Waals surface area (Å²) in [6.45, 7) is 1.83. The van der Waals surface area contributed by atoms with Crippen molar-refractivity contribution in [2.45, 2.75) is 6.92 Å². The predicted molar refractivity (Wildman–Crippen MR) is 59.5 cm³/mol. The molecule has 0 fully saturated rings. The number of rotatable bonds is 3. The van der Waals surface area contributed by atoms with E-state index in [1.165, 1.54) is 6.33 Å². The Labute approximate surface area is 91.9 Å². The summed E-state index contributed by atoms with van der Waals surface area (Å²) in [7, 11) is 1.69. The molecule has 6 heteroatoms. The topological polar surface area (TPSA) is 82.1 Å². The van der Waals surface area contributed by atoms with Crippen molar-refractivity contribution in [1.29, 1.82) is 0 Å². The molecule has 84 valence electrons. The Kier molecular flexibility index (Phi) is 2.47. The van der Waals surface area contributed by atoms with Gasteiger partial charge in [-0.25, -0.2) is 9.97 Å². The second kappa shape index (κ2) is 3.80. The van der Waals surface area contributed by atoms with Gasteiger partial charge in [0.1, 0.15) is 24.3 Å². The van der Waals surface area contributed by atoms with E-state index in [9.17, 15) is 4.79 Å². The molecule has 0 radical (unpaired) electrons. The van der Waals surface area contributed by atoms with Crippen LogP contribution in [-0.4, -0.2) is 39.6 Å². The molecule has 0 atom stereocenters. The van der Waals surface area contributed by atoms with Gasteiger partial charge in [0.15, 0.2) is 0 Å². The normalized spacial score (nSPS) is 10.6. The summed E-state index contributed by atoms with van der Waals surface area (Å²) in [5.74, 6) is -0.265. The van der Waals surface area contributed by atoms with Gasteiger partial charge in [-0.15, -0.1) is 0 Å². The number of carboxylic acid groups (broad SMARTS) is 1. The highest BCUT2D eigenvalue weighted by Crippen LogP contribution is 2.22. The maximum Gasteiger partial charge on any atom is 0.323 e. The Hall–Kier alpha value is -2.11. The molecule has 0 saturated carbocycles. The number of aromatic nitrogens is 3. The number of aryl methyl sites for hydroxylation is 1. The zero-order valence-corrected chi connectivity index (χ0v) is 9.06. The number of hydrogen-bond donors (Lipinski definition) is 2. The van der Waals surface area contributed by atoms with Crippen molar-refractivity contribution in [2.75, 3.05) is 18.5 Å². The fraction of sp³-hybridized carbons (Fsp3) is 0.300. The largest absolute Gasteiger partial charge is 0.480 e. The number of nitrogens with one attached hydrogen (secondary N) is 1. The standard InChI is InChI=1S/C10H12N4O2/c1-6-3-7-9(13-6)11-5-12-10(7)14(2)4-8(15)16/h3,5H,4H2,1-2H3,(H,15,16)(H,11,12,13). The number of likely N-dealkylation sites (N-methyl/N-ethyl adjacent to an activating group) is 1. The number of aliphatic carboxylic acids is 1. The van der Waals surface area contributed by atoms with Gasteiger partial charge in [-0.05, 0) is 13.0 Å². The number of aromatic amines is 1. The number of anilines is 1. The fourth-order valence-corrected chi connectivity index (χ4v) is 1.64. The van der Waals surface area contributed by atoms with Gasteiger partial charge in [0.2, 0.25) is 0 Å². The fourth-order valence-electron chi connectivity index (χ4n) is 1.64. The summed E-state index contributed by atoms with van der Waals surface area (Å²) in [6, 6.07) is 1.91. The van der Waals surface area contributed by atoms with Crippen LogP contribution < -0.4 is 4.90 Å². The lowest BCUT2D eigenvalue weighted by Gasteiger charge is -2.15. The van der Waals surface area contributed by atoms with Crippen molar-refractivity contribution in [2.24, 2.45) is 0 Å². The van der Waals surface area contributed by atoms with E-state index in [1.54, 1.807) is 11.9 Å². The monoisotopic (exact) mass is 220 g/mol. The van der Waals surface area contributed by atoms with Crippen LogP contribution >= 0.6 is 0 Å². The minimum absolute atomic E-state index is 0.0870. The van der Waals surface area contributed by atoms with Crippen LogP contribution in [0.15, 0.2) is 12.4 Å². The minimum Gasteiger partial charge on any atom is -0.480 e. The van der Waals surface area contributed by atoms with Crippen LogP contribution in [0.25, 0.3) is 11.0 Å². The number of fused-ring (bicyclic) bond motifs is 1. The van der Waals surface area contributed by atoms with Gasteiger partial charge in [-0.1, -0.05) is 0 Å². The van der Waals surface area contributed by atoms with Crippen molar-refractivity contribution in [3.8, 4) is 0 Å². The average molecular weight is 220 g/mol. The molecule has 0 spiro atoms. The van der Waals surface area contributed by atoms with E-state index in [0.717, 1.165) is 16.7 Å². The lowest BCUT2D eigenvalue weighted by molar-refractivity contribution is -0.135. The molecule has 0 aliphatic rings. The van der Waals surface area contributed by atoms with Gasteiger partial charge in [0.05, 0.1) is 5.39 Å². The molecule has 0 bridgehead atoms. The van der Waals surface area contributed by atoms with Crippen molar-refractivity contribution in [1.82, 2.24) is 15.0 Å². The molecule has 0 aliphatic heterocycles. The van der Waals surface area contributed by atoms with Crippen LogP contribution in [0.4, 0.5) is 5.82 Å². The Morgan fingerprint density at radius 3 is 3.00 bits per heavy atom. The molecule has 2 rings (SSSR count). The van der Waals surface area contributed by atoms with Crippen LogP contribution in [0.1, 0.15) is 5.69 Å². The first-order valence-electron chi connectivity index (χ1n) is 4.81. The zero-order chi connectivity index (χ0) is 11.7. The highest BCUT2D eigenvalue weighted by molar-refractivity contribution is 5.89. The maximum atomic E-state index is 10.6. The maximum absolute atomic E-state index is 10.6. The van der Waals surface area contributed by atoms with Crippen molar-refractivity contribution in [3.63, 3.8) is 0 Å². The Balaban J connectivity index is 2.47. The second-order valence-electron chi connectivity index (χ2n) is 3.66. The molecule has 0 aliphatic carbocycles. The Morgan fingerprint density at radius 2 is 2.31 bits per heavy atom. The van der Waals surface area contributed by atoms with Gasteiger partial charge < -0.3 is 15.0 Å². The van der Waals surface area contributed by atoms with E-state index in [2.05, 4.69) is 15.0 Å². The first-order chi connectivity index (χ1) is 7.58. The van der Waals surface area contributed by atoms with Crippen molar-refractivity contribution >= 4 is 22.8 Å². The van der Waals surface area contributed by atoms with E-state index >= 15 is 0 Å². The molecule has 2 heterocycles. The quantitative estimate of drug-likeness (QED) is 0.799. The number of nitrogens with zero attached hydrogens (tertiary/aromatic N) is 3. The van der Waals surface area contributed by atoms with E-state index in [1.807, 2.05) is 13.0 Å². The van der Waals surface area contributed by atoms with E-state index in [4.69, 9.17) is 5.11 Å². The van der Waals surface area contributed by atoms with Crippen LogP contribution in [0.3, 0.4) is 0 Å². The molecular formula is C10H12N4O2. The summed E-state index contributed by atoms with van der Waals surface area (Å²) >= 11 is 0. The second-order valence-corrected chi connectivity index (χ2v) is 3.66. The summed E-state index contributed by atoms with van der Waals surface area (Å²) < 4.78 is 0. The highest BCUT2D eigenvalue weighted by Gasteiger charge is 2.12. The summed E-state index contributed by atoms with van der Waals surface area (Å²) in [6.07, 6.45) is 1.42. The third-order valence-electron chi connectivity index (χ3n) is 2.27. The third-order valence-corrected chi connectivity index (χ3v) is 2.27. The number of carbonyl (C=O) groups is 1. The van der Waals surface area contributed by atoms with Crippen LogP contribution in [0.2, 0.25) is 0 Å². The lowest BCUT2D eigenvalue weighted by Crippen LogP contribution is -2.26. The molecular weight excluding hydrogens is 208 g/mol. The van der Waals surface area contributed by atoms with Gasteiger partial charge in [-0.2, -0.15) is 0 Å². The smallest absolute Gasteiger partial charge is 0.323 e. The molecule has 2 aromatic rings. The molecule has 0 amide bonds. The third kappa shape index (κ3) is 1.81. The zero-order valence-electron chi connectivity index (χ0n) is 9.06. The molecule has 2 N–H and O–H groups in total. The van der Waals surface area contributed by atoms with Crippen LogP contribution in [0.5, 0.6) is 0 Å². The van der Waals surface area contributed by atoms with E-state index < -0.39 is 5.97 Å². The molecule has 6 nitrogen and oxygen atoms in total. The summed E-state index contributed by atoms with van der Waals surface area (Å²) in [5, 5.41) is 9.57. The SMILES string of the molecule is Cc1cc2c(N(C)CC(=O)O)ncnc2[nH]1. The molecule has 0 saturated heterocycles. The van der Waals surface area contributed by atoms with Gasteiger partial charge in [0.25, 0.3) is 0 Å². The number of carboxylic acids is 1. The lowest BCUT2D eigenvalue weighted by atomic mass is 10.3. The number of hydrogen-bond acceptors (Lipinski definition) is 4. The molecule has 0 unspecified atom stereocenters. The molecule has 0 aromatic carbocycles. The summed E-state index contributed by atoms with van der Waals surface area (Å²) in [5.41, 5.74) is 1.69. The van der Waals surface area contributed by atoms with Crippen LogP contribution in [-0.2, 0) is 4.79 Å². The van der Waals surface area contributed by atoms with Crippen molar-refractivity contribution in [3.05, 3.63) is 18.1 Å². The van der Waals surface area contributed by atoms with Crippen LogP contribution in [0, 0.1) is 6.92 Å². The number of H-pyrrole nitrogens is 1. The Morgan fingerprint density at radius 1 is 1.56 bits per heavy atom. The first kappa shape index (κ1) is 10.4. The molecule has 2 aromatic heterocycles. The Bertz CT molecular complexity index is 535. The van der Waals surface area contributed by atoms with Gasteiger partial charge in [-0.3, -0.25) is 4.79 Å². The van der Waals surface area contributed by atoms with Gasteiger partial charge >= 0.3 is 5.97 Å². The van der Waals surface area contributed by atoms with E-state index in [-0.39, 0.29) is 6.54 Å². The van der Waals surface area contributed by atoms with Gasteiger partial charge in [0, 0.05) is 12.7 Å². The van der Waals surface area contributed by atoms with Crippen molar-refractivity contribution < 1.29 is 9.90 Å². The first-order valence-corrected chi connectivity index (χ1v) is 4.81. The summed E-state index contributed by atoms with van der Waals surface area (Å²) in [4.78, 5) is 23.5.